The van der Waals surface area contributed by atoms with E-state index in [9.17, 15) is 8.78 Å². The van der Waals surface area contributed by atoms with Crippen LogP contribution in [0.2, 0.25) is 0 Å². The van der Waals surface area contributed by atoms with Crippen molar-refractivity contribution in [1.29, 1.82) is 0 Å². The summed E-state index contributed by atoms with van der Waals surface area (Å²) in [5.41, 5.74) is 1.08. The molecule has 1 aromatic heterocycles. The molecule has 0 saturated heterocycles. The van der Waals surface area contributed by atoms with Crippen LogP contribution in [0.15, 0.2) is 30.6 Å². The van der Waals surface area contributed by atoms with Crippen LogP contribution < -0.4 is 9.47 Å². The SMILES string of the molecule is Fc1cncc(F)c1CSCc1ccc2c(c1)OCO2. The Balaban J connectivity index is 1.63. The Morgan fingerprint density at radius 1 is 1.05 bits per heavy atom. The van der Waals surface area contributed by atoms with Gasteiger partial charge >= 0.3 is 0 Å². The molecule has 1 aliphatic rings. The van der Waals surface area contributed by atoms with E-state index < -0.39 is 11.6 Å². The van der Waals surface area contributed by atoms with Crippen LogP contribution in [0.4, 0.5) is 8.78 Å². The summed E-state index contributed by atoms with van der Waals surface area (Å²) in [6, 6.07) is 5.64. The number of nitrogens with zero attached hydrogens (tertiary/aromatic N) is 1. The zero-order chi connectivity index (χ0) is 13.9. The van der Waals surface area contributed by atoms with Crippen molar-refractivity contribution in [3.63, 3.8) is 0 Å². The lowest BCUT2D eigenvalue weighted by Gasteiger charge is -2.05. The third kappa shape index (κ3) is 2.70. The molecular weight excluding hydrogens is 284 g/mol. The molecule has 0 N–H and O–H groups in total. The molecule has 0 bridgehead atoms. The number of rotatable bonds is 4. The molecule has 0 fully saturated rings. The Morgan fingerprint density at radius 2 is 1.80 bits per heavy atom. The number of hydrogen-bond acceptors (Lipinski definition) is 4. The molecule has 0 radical (unpaired) electrons. The summed E-state index contributed by atoms with van der Waals surface area (Å²) >= 11 is 1.43. The Kier molecular flexibility index (Phi) is 3.73. The third-order valence-electron chi connectivity index (χ3n) is 2.90. The number of fused-ring (bicyclic) bond motifs is 1. The van der Waals surface area contributed by atoms with E-state index in [2.05, 4.69) is 4.98 Å². The molecule has 20 heavy (non-hydrogen) atoms. The van der Waals surface area contributed by atoms with Crippen molar-refractivity contribution in [2.24, 2.45) is 0 Å². The van der Waals surface area contributed by atoms with E-state index in [-0.39, 0.29) is 18.1 Å². The Labute approximate surface area is 118 Å². The fraction of sp³-hybridized carbons (Fsp3) is 0.214. The minimum atomic E-state index is -0.608. The van der Waals surface area contributed by atoms with Crippen LogP contribution in [0.5, 0.6) is 11.5 Å². The van der Waals surface area contributed by atoms with Gasteiger partial charge in [0.25, 0.3) is 0 Å². The second-order valence-electron chi connectivity index (χ2n) is 4.26. The van der Waals surface area contributed by atoms with Gasteiger partial charge in [0.05, 0.1) is 12.4 Å². The van der Waals surface area contributed by atoms with Gasteiger partial charge in [0.2, 0.25) is 6.79 Å². The quantitative estimate of drug-likeness (QED) is 0.863. The largest absolute Gasteiger partial charge is 0.454 e. The van der Waals surface area contributed by atoms with Gasteiger partial charge < -0.3 is 9.47 Å². The Morgan fingerprint density at radius 3 is 2.60 bits per heavy atom. The zero-order valence-corrected chi connectivity index (χ0v) is 11.3. The number of ether oxygens (including phenoxy) is 2. The molecular formula is C14H11F2NO2S. The summed E-state index contributed by atoms with van der Waals surface area (Å²) in [6.07, 6.45) is 2.05. The first kappa shape index (κ1) is 13.2. The number of halogens is 2. The molecule has 1 aromatic carbocycles. The molecule has 2 aromatic rings. The highest BCUT2D eigenvalue weighted by molar-refractivity contribution is 7.97. The smallest absolute Gasteiger partial charge is 0.231 e. The first-order valence-electron chi connectivity index (χ1n) is 5.98. The highest BCUT2D eigenvalue weighted by Crippen LogP contribution is 2.33. The van der Waals surface area contributed by atoms with Crippen LogP contribution >= 0.6 is 11.8 Å². The van der Waals surface area contributed by atoms with E-state index in [1.807, 2.05) is 18.2 Å². The normalized spacial score (nSPS) is 12.7. The third-order valence-corrected chi connectivity index (χ3v) is 3.93. The van der Waals surface area contributed by atoms with Crippen molar-refractivity contribution in [3.05, 3.63) is 53.4 Å². The lowest BCUT2D eigenvalue weighted by atomic mass is 10.2. The van der Waals surface area contributed by atoms with Crippen molar-refractivity contribution < 1.29 is 18.3 Å². The van der Waals surface area contributed by atoms with Crippen LogP contribution in [0.1, 0.15) is 11.1 Å². The molecule has 0 spiro atoms. The topological polar surface area (TPSA) is 31.4 Å². The molecule has 3 rings (SSSR count). The highest BCUT2D eigenvalue weighted by atomic mass is 32.2. The van der Waals surface area contributed by atoms with Gasteiger partial charge in [-0.3, -0.25) is 4.98 Å². The van der Waals surface area contributed by atoms with Gasteiger partial charge in [0.15, 0.2) is 11.5 Å². The van der Waals surface area contributed by atoms with Crippen LogP contribution in [-0.4, -0.2) is 11.8 Å². The van der Waals surface area contributed by atoms with E-state index in [1.165, 1.54) is 11.8 Å². The van der Waals surface area contributed by atoms with Gasteiger partial charge in [-0.25, -0.2) is 8.78 Å². The molecule has 0 saturated carbocycles. The molecule has 1 aliphatic heterocycles. The van der Waals surface area contributed by atoms with Crippen molar-refractivity contribution in [1.82, 2.24) is 4.98 Å². The minimum absolute atomic E-state index is 0.0609. The maximum Gasteiger partial charge on any atom is 0.231 e. The van der Waals surface area contributed by atoms with Crippen molar-refractivity contribution in [2.45, 2.75) is 11.5 Å². The molecule has 0 unspecified atom stereocenters. The standard InChI is InChI=1S/C14H11F2NO2S/c15-11-4-17-5-12(16)10(11)7-20-6-9-1-2-13-14(3-9)19-8-18-13/h1-5H,6-8H2. The van der Waals surface area contributed by atoms with E-state index in [1.54, 1.807) is 0 Å². The van der Waals surface area contributed by atoms with Crippen molar-refractivity contribution in [2.75, 3.05) is 6.79 Å². The lowest BCUT2D eigenvalue weighted by molar-refractivity contribution is 0.174. The van der Waals surface area contributed by atoms with Crippen LogP contribution in [0.25, 0.3) is 0 Å². The average molecular weight is 295 g/mol. The predicted molar refractivity (Wildman–Crippen MR) is 71.7 cm³/mol. The van der Waals surface area contributed by atoms with E-state index in [0.29, 0.717) is 11.5 Å². The summed E-state index contributed by atoms with van der Waals surface area (Å²) in [4.78, 5) is 3.46. The van der Waals surface area contributed by atoms with Gasteiger partial charge in [0, 0.05) is 17.1 Å². The highest BCUT2D eigenvalue weighted by Gasteiger charge is 2.13. The van der Waals surface area contributed by atoms with Crippen molar-refractivity contribution >= 4 is 11.8 Å². The van der Waals surface area contributed by atoms with Gasteiger partial charge in [-0.2, -0.15) is 11.8 Å². The number of benzene rings is 1. The number of pyridine rings is 1. The summed E-state index contributed by atoms with van der Waals surface area (Å²) in [6.45, 7) is 0.235. The Hall–Kier alpha value is -1.82. The summed E-state index contributed by atoms with van der Waals surface area (Å²) in [7, 11) is 0. The molecule has 0 amide bonds. The minimum Gasteiger partial charge on any atom is -0.454 e. The second-order valence-corrected chi connectivity index (χ2v) is 5.25. The first-order chi connectivity index (χ1) is 9.74. The predicted octanol–water partition coefficient (Wildman–Crippen LogP) is 3.52. The fourth-order valence-corrected chi connectivity index (χ4v) is 2.87. The molecule has 0 aliphatic carbocycles. The number of aromatic nitrogens is 1. The maximum atomic E-state index is 13.4. The van der Waals surface area contributed by atoms with Crippen molar-refractivity contribution in [3.8, 4) is 11.5 Å². The van der Waals surface area contributed by atoms with E-state index >= 15 is 0 Å². The second kappa shape index (κ2) is 5.66. The van der Waals surface area contributed by atoms with Gasteiger partial charge in [-0.1, -0.05) is 6.07 Å². The number of thioether (sulfide) groups is 1. The van der Waals surface area contributed by atoms with Gasteiger partial charge in [0.1, 0.15) is 11.6 Å². The molecule has 6 heteroatoms. The summed E-state index contributed by atoms with van der Waals surface area (Å²) < 4.78 is 37.3. The molecule has 3 nitrogen and oxygen atoms in total. The van der Waals surface area contributed by atoms with E-state index in [4.69, 9.17) is 9.47 Å². The number of hydrogen-bond donors (Lipinski definition) is 0. The Bertz CT molecular complexity index is 616. The van der Waals surface area contributed by atoms with Crippen LogP contribution in [0, 0.1) is 11.6 Å². The summed E-state index contributed by atoms with van der Waals surface area (Å²) in [5.74, 6) is 1.12. The molecule has 0 atom stereocenters. The van der Waals surface area contributed by atoms with Gasteiger partial charge in [-0.05, 0) is 17.7 Å². The average Bonchev–Trinajstić information content (AvgIpc) is 2.89. The summed E-state index contributed by atoms with van der Waals surface area (Å²) in [5, 5.41) is 0. The van der Waals surface area contributed by atoms with Crippen LogP contribution in [-0.2, 0) is 11.5 Å². The molecule has 104 valence electrons. The fourth-order valence-electron chi connectivity index (χ4n) is 1.88. The first-order valence-corrected chi connectivity index (χ1v) is 7.13. The van der Waals surface area contributed by atoms with Crippen LogP contribution in [0.3, 0.4) is 0 Å². The van der Waals surface area contributed by atoms with Gasteiger partial charge in [-0.15, -0.1) is 0 Å². The molecule has 2 heterocycles. The maximum absolute atomic E-state index is 13.4. The zero-order valence-electron chi connectivity index (χ0n) is 10.4. The monoisotopic (exact) mass is 295 g/mol. The lowest BCUT2D eigenvalue weighted by Crippen LogP contribution is -1.95. The van der Waals surface area contributed by atoms with E-state index in [0.717, 1.165) is 23.7 Å².